The van der Waals surface area contributed by atoms with E-state index in [0.717, 1.165) is 27.9 Å². The van der Waals surface area contributed by atoms with E-state index in [0.29, 0.717) is 47.9 Å². The zero-order chi connectivity index (χ0) is 22.1. The summed E-state index contributed by atoms with van der Waals surface area (Å²) in [6.07, 6.45) is 0.702. The summed E-state index contributed by atoms with van der Waals surface area (Å²) >= 11 is 0. The SMILES string of the molecule is COc1cc(CN2CCc3c(cc(CO)cc3-c3c(C)noc3C)C2=O)cc(OC)c1. The van der Waals surface area contributed by atoms with Gasteiger partial charge in [0.15, 0.2) is 0 Å². The van der Waals surface area contributed by atoms with Crippen molar-refractivity contribution in [3.63, 3.8) is 0 Å². The Labute approximate surface area is 181 Å². The number of carbonyl (C=O) groups is 1. The minimum Gasteiger partial charge on any atom is -0.497 e. The van der Waals surface area contributed by atoms with Gasteiger partial charge in [0, 0.05) is 30.3 Å². The van der Waals surface area contributed by atoms with Crippen molar-refractivity contribution in [1.29, 1.82) is 0 Å². The van der Waals surface area contributed by atoms with E-state index in [2.05, 4.69) is 5.16 Å². The molecular formula is C24H26N2O5. The predicted molar refractivity (Wildman–Crippen MR) is 115 cm³/mol. The monoisotopic (exact) mass is 422 g/mol. The fourth-order valence-corrected chi connectivity index (χ4v) is 4.22. The van der Waals surface area contributed by atoms with Crippen LogP contribution in [0.25, 0.3) is 11.1 Å². The van der Waals surface area contributed by atoms with Gasteiger partial charge in [-0.15, -0.1) is 0 Å². The number of aliphatic hydroxyl groups excluding tert-OH is 1. The zero-order valence-corrected chi connectivity index (χ0v) is 18.2. The molecule has 1 aromatic heterocycles. The molecule has 0 unspecified atom stereocenters. The van der Waals surface area contributed by atoms with Crippen LogP contribution in [-0.2, 0) is 19.6 Å². The van der Waals surface area contributed by atoms with Gasteiger partial charge in [0.1, 0.15) is 17.3 Å². The summed E-state index contributed by atoms with van der Waals surface area (Å²) < 4.78 is 16.1. The number of hydrogen-bond acceptors (Lipinski definition) is 6. The highest BCUT2D eigenvalue weighted by molar-refractivity contribution is 5.99. The standard InChI is InChI=1S/C24H26N2O5/c1-14-23(15(2)31-25-14)21-9-17(13-27)10-22-20(21)5-6-26(24(22)28)12-16-7-18(29-3)11-19(8-16)30-4/h7-11,27H,5-6,12-13H2,1-4H3. The van der Waals surface area contributed by atoms with Gasteiger partial charge in [-0.2, -0.15) is 0 Å². The van der Waals surface area contributed by atoms with Crippen LogP contribution in [0.2, 0.25) is 0 Å². The molecule has 2 aromatic carbocycles. The fourth-order valence-electron chi connectivity index (χ4n) is 4.22. The van der Waals surface area contributed by atoms with Crippen molar-refractivity contribution < 1.29 is 23.9 Å². The molecule has 1 amide bonds. The first kappa shape index (κ1) is 20.9. The summed E-state index contributed by atoms with van der Waals surface area (Å²) in [5, 5.41) is 13.9. The van der Waals surface area contributed by atoms with Crippen LogP contribution in [0.4, 0.5) is 0 Å². The summed E-state index contributed by atoms with van der Waals surface area (Å²) in [4.78, 5) is 15.2. The normalized spacial score (nSPS) is 13.3. The molecule has 0 bridgehead atoms. The number of methoxy groups -OCH3 is 2. The van der Waals surface area contributed by atoms with Gasteiger partial charge in [0.05, 0.1) is 26.5 Å². The van der Waals surface area contributed by atoms with Crippen molar-refractivity contribution in [3.05, 3.63) is 64.0 Å². The Morgan fingerprint density at radius 2 is 1.71 bits per heavy atom. The van der Waals surface area contributed by atoms with Crippen LogP contribution in [-0.4, -0.2) is 41.8 Å². The Morgan fingerprint density at radius 3 is 2.29 bits per heavy atom. The topological polar surface area (TPSA) is 85.0 Å². The smallest absolute Gasteiger partial charge is 0.254 e. The lowest BCUT2D eigenvalue weighted by atomic mass is 9.87. The van der Waals surface area contributed by atoms with E-state index in [1.807, 2.05) is 36.9 Å². The van der Waals surface area contributed by atoms with Gasteiger partial charge in [-0.05, 0) is 66.8 Å². The molecule has 4 rings (SSSR count). The summed E-state index contributed by atoms with van der Waals surface area (Å²) in [5.74, 6) is 2.00. The molecule has 7 nitrogen and oxygen atoms in total. The average molecular weight is 422 g/mol. The number of aromatic nitrogens is 1. The molecule has 0 aliphatic carbocycles. The highest BCUT2D eigenvalue weighted by atomic mass is 16.5. The molecule has 7 heteroatoms. The van der Waals surface area contributed by atoms with Crippen LogP contribution >= 0.6 is 0 Å². The number of aliphatic hydroxyl groups is 1. The molecular weight excluding hydrogens is 396 g/mol. The van der Waals surface area contributed by atoms with Crippen molar-refractivity contribution in [2.45, 2.75) is 33.4 Å². The summed E-state index contributed by atoms with van der Waals surface area (Å²) in [5.41, 5.74) is 5.77. The highest BCUT2D eigenvalue weighted by Gasteiger charge is 2.29. The maximum atomic E-state index is 13.4. The van der Waals surface area contributed by atoms with Gasteiger partial charge >= 0.3 is 0 Å². The maximum absolute atomic E-state index is 13.4. The predicted octanol–water partition coefficient (Wildman–Crippen LogP) is 3.67. The molecule has 0 saturated carbocycles. The first-order chi connectivity index (χ1) is 14.9. The number of ether oxygens (including phenoxy) is 2. The second-order valence-corrected chi connectivity index (χ2v) is 7.72. The Balaban J connectivity index is 1.72. The van der Waals surface area contributed by atoms with E-state index in [1.54, 1.807) is 26.4 Å². The largest absolute Gasteiger partial charge is 0.497 e. The third-order valence-corrected chi connectivity index (χ3v) is 5.73. The molecule has 0 radical (unpaired) electrons. The van der Waals surface area contributed by atoms with Gasteiger partial charge in [0.2, 0.25) is 0 Å². The van der Waals surface area contributed by atoms with Crippen LogP contribution in [0.3, 0.4) is 0 Å². The zero-order valence-electron chi connectivity index (χ0n) is 18.2. The molecule has 0 spiro atoms. The lowest BCUT2D eigenvalue weighted by Crippen LogP contribution is -2.37. The lowest BCUT2D eigenvalue weighted by Gasteiger charge is -2.30. The Morgan fingerprint density at radius 1 is 1.03 bits per heavy atom. The number of hydrogen-bond donors (Lipinski definition) is 1. The first-order valence-electron chi connectivity index (χ1n) is 10.2. The minimum atomic E-state index is -0.149. The quantitative estimate of drug-likeness (QED) is 0.653. The van der Waals surface area contributed by atoms with Gasteiger partial charge < -0.3 is 24.0 Å². The maximum Gasteiger partial charge on any atom is 0.254 e. The van der Waals surface area contributed by atoms with E-state index >= 15 is 0 Å². The third kappa shape index (κ3) is 3.88. The second-order valence-electron chi connectivity index (χ2n) is 7.72. The number of amides is 1. The average Bonchev–Trinajstić information content (AvgIpc) is 3.12. The Kier molecular flexibility index (Phi) is 5.69. The van der Waals surface area contributed by atoms with E-state index in [-0.39, 0.29) is 12.5 Å². The number of benzene rings is 2. The van der Waals surface area contributed by atoms with Gasteiger partial charge in [-0.3, -0.25) is 4.79 Å². The lowest BCUT2D eigenvalue weighted by molar-refractivity contribution is 0.0726. The van der Waals surface area contributed by atoms with Gasteiger partial charge in [-0.1, -0.05) is 5.16 Å². The van der Waals surface area contributed by atoms with Crippen LogP contribution in [0.15, 0.2) is 34.9 Å². The Hall–Kier alpha value is -3.32. The molecule has 0 atom stereocenters. The molecule has 3 aromatic rings. The van der Waals surface area contributed by atoms with Crippen molar-refractivity contribution in [1.82, 2.24) is 10.1 Å². The van der Waals surface area contributed by atoms with Crippen molar-refractivity contribution in [3.8, 4) is 22.6 Å². The first-order valence-corrected chi connectivity index (χ1v) is 10.2. The molecule has 31 heavy (non-hydrogen) atoms. The molecule has 162 valence electrons. The van der Waals surface area contributed by atoms with E-state index < -0.39 is 0 Å². The molecule has 0 saturated heterocycles. The Bertz CT molecular complexity index is 1090. The highest BCUT2D eigenvalue weighted by Crippen LogP contribution is 2.36. The number of rotatable bonds is 6. The van der Waals surface area contributed by atoms with Crippen LogP contribution in [0, 0.1) is 13.8 Å². The molecule has 1 aliphatic rings. The van der Waals surface area contributed by atoms with Crippen molar-refractivity contribution in [2.24, 2.45) is 0 Å². The number of aryl methyl sites for hydroxylation is 2. The number of fused-ring (bicyclic) bond motifs is 1. The van der Waals surface area contributed by atoms with E-state index in [9.17, 15) is 9.90 Å². The molecule has 1 aliphatic heterocycles. The van der Waals surface area contributed by atoms with Gasteiger partial charge in [-0.25, -0.2) is 0 Å². The van der Waals surface area contributed by atoms with Crippen LogP contribution < -0.4 is 9.47 Å². The van der Waals surface area contributed by atoms with E-state index in [1.165, 1.54) is 0 Å². The van der Waals surface area contributed by atoms with Crippen molar-refractivity contribution in [2.75, 3.05) is 20.8 Å². The van der Waals surface area contributed by atoms with Crippen molar-refractivity contribution >= 4 is 5.91 Å². The summed E-state index contributed by atoms with van der Waals surface area (Å²) in [6.45, 7) is 4.62. The molecule has 1 N–H and O–H groups in total. The summed E-state index contributed by atoms with van der Waals surface area (Å²) in [7, 11) is 3.21. The minimum absolute atomic E-state index is 0.0636. The fraction of sp³-hybridized carbons (Fsp3) is 0.333. The number of carbonyl (C=O) groups excluding carboxylic acids is 1. The second kappa shape index (κ2) is 8.43. The van der Waals surface area contributed by atoms with E-state index in [4.69, 9.17) is 14.0 Å². The van der Waals surface area contributed by atoms with Crippen LogP contribution in [0.5, 0.6) is 11.5 Å². The summed E-state index contributed by atoms with van der Waals surface area (Å²) in [6, 6.07) is 9.34. The molecule has 2 heterocycles. The third-order valence-electron chi connectivity index (χ3n) is 5.73. The van der Waals surface area contributed by atoms with Gasteiger partial charge in [0.25, 0.3) is 5.91 Å². The molecule has 0 fully saturated rings. The number of nitrogens with zero attached hydrogens (tertiary/aromatic N) is 2. The van der Waals surface area contributed by atoms with Crippen LogP contribution in [0.1, 0.15) is 38.5 Å².